The molecule has 0 saturated carbocycles. The lowest BCUT2D eigenvalue weighted by atomic mass is 10.1. The first kappa shape index (κ1) is 29.6. The standard InChI is InChI=1S/C34H33N5O3S/c1-3-42-32(40)27-16-18-28(19-17-27)35-33(41)36-30(22-25-10-6-4-7-11-25)31-37-38-34(43-23-26-12-8-5-9-13-26)39(31)29-20-14-24(2)15-21-29/h4-21,30H,3,22-23H2,1-2H3,(H2,35,36,41). The number of nitrogens with zero attached hydrogens (tertiary/aromatic N) is 3. The summed E-state index contributed by atoms with van der Waals surface area (Å²) in [6, 6.07) is 34.1. The van der Waals surface area contributed by atoms with Crippen molar-refractivity contribution in [2.24, 2.45) is 0 Å². The average Bonchev–Trinajstić information content (AvgIpc) is 3.45. The quantitative estimate of drug-likeness (QED) is 0.125. The van der Waals surface area contributed by atoms with E-state index in [9.17, 15) is 9.59 Å². The Morgan fingerprint density at radius 3 is 2.14 bits per heavy atom. The van der Waals surface area contributed by atoms with E-state index < -0.39 is 18.0 Å². The van der Waals surface area contributed by atoms with E-state index in [0.29, 0.717) is 30.1 Å². The van der Waals surface area contributed by atoms with Gasteiger partial charge in [-0.2, -0.15) is 0 Å². The number of aryl methyl sites for hydroxylation is 1. The molecule has 2 amide bonds. The van der Waals surface area contributed by atoms with E-state index in [1.54, 1.807) is 43.0 Å². The molecule has 9 heteroatoms. The molecule has 5 rings (SSSR count). The van der Waals surface area contributed by atoms with Gasteiger partial charge in [0.25, 0.3) is 0 Å². The maximum absolute atomic E-state index is 13.3. The number of thioether (sulfide) groups is 1. The Labute approximate surface area is 255 Å². The highest BCUT2D eigenvalue weighted by atomic mass is 32.2. The molecule has 0 fully saturated rings. The zero-order valence-electron chi connectivity index (χ0n) is 24.1. The van der Waals surface area contributed by atoms with E-state index in [1.807, 2.05) is 72.2 Å². The number of carbonyl (C=O) groups excluding carboxylic acids is 2. The number of amides is 2. The summed E-state index contributed by atoms with van der Waals surface area (Å²) in [5.74, 6) is 0.943. The van der Waals surface area contributed by atoms with Crippen molar-refractivity contribution in [3.63, 3.8) is 0 Å². The van der Waals surface area contributed by atoms with Crippen LogP contribution in [0.5, 0.6) is 0 Å². The molecule has 1 aromatic heterocycles. The van der Waals surface area contributed by atoms with Crippen molar-refractivity contribution in [3.8, 4) is 5.69 Å². The summed E-state index contributed by atoms with van der Waals surface area (Å²) in [4.78, 5) is 25.4. The van der Waals surface area contributed by atoms with Crippen LogP contribution < -0.4 is 10.6 Å². The van der Waals surface area contributed by atoms with Gasteiger partial charge in [-0.05, 0) is 61.4 Å². The molecule has 0 spiro atoms. The molecule has 0 radical (unpaired) electrons. The zero-order chi connectivity index (χ0) is 30.0. The SMILES string of the molecule is CCOC(=O)c1ccc(NC(=O)NC(Cc2ccccc2)c2nnc(SCc3ccccc3)n2-c2ccc(C)cc2)cc1. The second-order valence-corrected chi connectivity index (χ2v) is 10.9. The third-order valence-electron chi connectivity index (χ3n) is 6.71. The van der Waals surface area contributed by atoms with Crippen LogP contribution in [0.2, 0.25) is 0 Å². The minimum absolute atomic E-state index is 0.295. The minimum Gasteiger partial charge on any atom is -0.462 e. The summed E-state index contributed by atoms with van der Waals surface area (Å²) in [5, 5.41) is 16.0. The number of hydrogen-bond acceptors (Lipinski definition) is 6. The molecule has 1 atom stereocenters. The first-order valence-corrected chi connectivity index (χ1v) is 15.1. The molecule has 0 aliphatic heterocycles. The molecule has 0 saturated heterocycles. The van der Waals surface area contributed by atoms with Crippen molar-refractivity contribution in [1.82, 2.24) is 20.1 Å². The summed E-state index contributed by atoms with van der Waals surface area (Å²) in [7, 11) is 0. The largest absolute Gasteiger partial charge is 0.462 e. The van der Waals surface area contributed by atoms with E-state index >= 15 is 0 Å². The number of nitrogens with one attached hydrogen (secondary N) is 2. The lowest BCUT2D eigenvalue weighted by Crippen LogP contribution is -2.35. The molecule has 1 unspecified atom stereocenters. The summed E-state index contributed by atoms with van der Waals surface area (Å²) >= 11 is 1.60. The van der Waals surface area contributed by atoms with Gasteiger partial charge in [0.15, 0.2) is 11.0 Å². The van der Waals surface area contributed by atoms with E-state index in [-0.39, 0.29) is 0 Å². The fourth-order valence-corrected chi connectivity index (χ4v) is 5.46. The van der Waals surface area contributed by atoms with Crippen LogP contribution in [0.3, 0.4) is 0 Å². The molecule has 8 nitrogen and oxygen atoms in total. The second kappa shape index (κ2) is 14.3. The van der Waals surface area contributed by atoms with E-state index in [4.69, 9.17) is 4.74 Å². The monoisotopic (exact) mass is 591 g/mol. The van der Waals surface area contributed by atoms with Gasteiger partial charge >= 0.3 is 12.0 Å². The van der Waals surface area contributed by atoms with Gasteiger partial charge in [0.2, 0.25) is 0 Å². The van der Waals surface area contributed by atoms with Crippen LogP contribution in [0.25, 0.3) is 5.69 Å². The third-order valence-corrected chi connectivity index (χ3v) is 7.71. The van der Waals surface area contributed by atoms with Crippen LogP contribution in [-0.4, -0.2) is 33.4 Å². The van der Waals surface area contributed by atoms with Crippen molar-refractivity contribution in [2.75, 3.05) is 11.9 Å². The van der Waals surface area contributed by atoms with E-state index in [1.165, 1.54) is 5.56 Å². The number of benzene rings is 4. The number of ether oxygens (including phenoxy) is 1. The molecule has 4 aromatic carbocycles. The van der Waals surface area contributed by atoms with Crippen LogP contribution >= 0.6 is 11.8 Å². The van der Waals surface area contributed by atoms with Gasteiger partial charge < -0.3 is 15.4 Å². The van der Waals surface area contributed by atoms with Crippen LogP contribution in [0.1, 0.15) is 45.8 Å². The van der Waals surface area contributed by atoms with Crippen LogP contribution in [0.4, 0.5) is 10.5 Å². The maximum atomic E-state index is 13.3. The molecular formula is C34H33N5O3S. The Morgan fingerprint density at radius 1 is 0.837 bits per heavy atom. The van der Waals surface area contributed by atoms with Crippen molar-refractivity contribution in [1.29, 1.82) is 0 Å². The molecular weight excluding hydrogens is 558 g/mol. The predicted octanol–water partition coefficient (Wildman–Crippen LogP) is 7.15. The number of hydrogen-bond donors (Lipinski definition) is 2. The number of anilines is 1. The number of urea groups is 1. The zero-order valence-corrected chi connectivity index (χ0v) is 24.9. The Balaban J connectivity index is 1.44. The highest BCUT2D eigenvalue weighted by Crippen LogP contribution is 2.29. The van der Waals surface area contributed by atoms with Crippen molar-refractivity contribution < 1.29 is 14.3 Å². The smallest absolute Gasteiger partial charge is 0.338 e. The molecule has 0 bridgehead atoms. The van der Waals surface area contributed by atoms with E-state index in [2.05, 4.69) is 45.1 Å². The molecule has 1 heterocycles. The maximum Gasteiger partial charge on any atom is 0.338 e. The minimum atomic E-state index is -0.499. The van der Waals surface area contributed by atoms with Gasteiger partial charge in [-0.1, -0.05) is 90.1 Å². The first-order chi connectivity index (χ1) is 21.0. The summed E-state index contributed by atoms with van der Waals surface area (Å²) in [5.41, 5.74) is 5.24. The molecule has 0 aliphatic rings. The Kier molecular flexibility index (Phi) is 9.86. The number of aromatic nitrogens is 3. The van der Waals surface area contributed by atoms with Crippen LogP contribution in [0.15, 0.2) is 114 Å². The lowest BCUT2D eigenvalue weighted by molar-refractivity contribution is 0.0526. The molecule has 5 aromatic rings. The highest BCUT2D eigenvalue weighted by Gasteiger charge is 2.25. The molecule has 2 N–H and O–H groups in total. The van der Waals surface area contributed by atoms with E-state index in [0.717, 1.165) is 27.7 Å². The summed E-state index contributed by atoms with van der Waals surface area (Å²) < 4.78 is 7.07. The summed E-state index contributed by atoms with van der Waals surface area (Å²) in [6.07, 6.45) is 0.503. The van der Waals surface area contributed by atoms with Crippen molar-refractivity contribution in [3.05, 3.63) is 137 Å². The normalized spacial score (nSPS) is 11.5. The molecule has 218 valence electrons. The van der Waals surface area contributed by atoms with Crippen molar-refractivity contribution in [2.45, 2.75) is 37.2 Å². The van der Waals surface area contributed by atoms with Gasteiger partial charge in [-0.15, -0.1) is 10.2 Å². The van der Waals surface area contributed by atoms with Gasteiger partial charge in [-0.25, -0.2) is 9.59 Å². The highest BCUT2D eigenvalue weighted by molar-refractivity contribution is 7.98. The second-order valence-electron chi connectivity index (χ2n) is 9.92. The van der Waals surface area contributed by atoms with Gasteiger partial charge in [-0.3, -0.25) is 4.57 Å². The topological polar surface area (TPSA) is 98.1 Å². The van der Waals surface area contributed by atoms with Gasteiger partial charge in [0, 0.05) is 23.5 Å². The van der Waals surface area contributed by atoms with Crippen molar-refractivity contribution >= 4 is 29.4 Å². The fourth-order valence-electron chi connectivity index (χ4n) is 4.55. The summed E-state index contributed by atoms with van der Waals surface area (Å²) in [6.45, 7) is 4.10. The number of esters is 1. The Bertz CT molecular complexity index is 1640. The molecule has 43 heavy (non-hydrogen) atoms. The third kappa shape index (κ3) is 7.90. The van der Waals surface area contributed by atoms with Crippen LogP contribution in [0, 0.1) is 6.92 Å². The Morgan fingerprint density at radius 2 is 1.49 bits per heavy atom. The van der Waals surface area contributed by atoms with Gasteiger partial charge in [0.1, 0.15) is 0 Å². The first-order valence-electron chi connectivity index (χ1n) is 14.1. The van der Waals surface area contributed by atoms with Crippen LogP contribution in [-0.2, 0) is 16.9 Å². The number of rotatable bonds is 11. The fraction of sp³-hybridized carbons (Fsp3) is 0.176. The predicted molar refractivity (Wildman–Crippen MR) is 170 cm³/mol. The molecule has 0 aliphatic carbocycles. The Hall–Kier alpha value is -4.89. The number of carbonyl (C=O) groups is 2. The van der Waals surface area contributed by atoms with Gasteiger partial charge in [0.05, 0.1) is 18.2 Å². The average molecular weight is 592 g/mol. The lowest BCUT2D eigenvalue weighted by Gasteiger charge is -2.21.